The van der Waals surface area contributed by atoms with Crippen molar-refractivity contribution in [2.45, 2.75) is 51.3 Å². The van der Waals surface area contributed by atoms with Crippen molar-refractivity contribution in [1.29, 1.82) is 0 Å². The molecule has 0 saturated heterocycles. The zero-order chi connectivity index (χ0) is 17.0. The van der Waals surface area contributed by atoms with Crippen molar-refractivity contribution in [3.8, 4) is 0 Å². The van der Waals surface area contributed by atoms with Crippen molar-refractivity contribution in [1.82, 2.24) is 5.32 Å². The summed E-state index contributed by atoms with van der Waals surface area (Å²) in [7, 11) is 0. The number of nitro benzene ring substituents is 1. The standard InChI is InChI=1S/C17H26N2O4/c1-11-7-12(2)9-14(8-11)18-16(10-20)17(21)13-3-5-15(6-4-13)19(22)23/h3-6,11-12,14,16-18,20-21H,7-10H2,1-2H3. The minimum atomic E-state index is -0.895. The molecular weight excluding hydrogens is 296 g/mol. The summed E-state index contributed by atoms with van der Waals surface area (Å²) in [4.78, 5) is 10.2. The van der Waals surface area contributed by atoms with E-state index in [-0.39, 0.29) is 18.3 Å². The maximum Gasteiger partial charge on any atom is 0.269 e. The number of rotatable bonds is 6. The lowest BCUT2D eigenvalue weighted by Gasteiger charge is -2.35. The number of hydrogen-bond acceptors (Lipinski definition) is 5. The zero-order valence-corrected chi connectivity index (χ0v) is 13.7. The van der Waals surface area contributed by atoms with Crippen molar-refractivity contribution < 1.29 is 15.1 Å². The van der Waals surface area contributed by atoms with Gasteiger partial charge in [-0.05, 0) is 48.8 Å². The van der Waals surface area contributed by atoms with Gasteiger partial charge in [0.2, 0.25) is 0 Å². The van der Waals surface area contributed by atoms with Gasteiger partial charge in [0, 0.05) is 18.2 Å². The quantitative estimate of drug-likeness (QED) is 0.552. The lowest BCUT2D eigenvalue weighted by Crippen LogP contribution is -2.47. The van der Waals surface area contributed by atoms with Crippen LogP contribution in [0.25, 0.3) is 0 Å². The first-order valence-electron chi connectivity index (χ1n) is 8.20. The van der Waals surface area contributed by atoms with E-state index in [0.29, 0.717) is 17.4 Å². The molecule has 4 unspecified atom stereocenters. The van der Waals surface area contributed by atoms with Gasteiger partial charge < -0.3 is 15.5 Å². The molecule has 0 heterocycles. The third-order valence-corrected chi connectivity index (χ3v) is 4.65. The molecule has 3 N–H and O–H groups in total. The van der Waals surface area contributed by atoms with Crippen LogP contribution in [-0.4, -0.2) is 33.8 Å². The van der Waals surface area contributed by atoms with Gasteiger partial charge in [0.05, 0.1) is 23.7 Å². The molecule has 0 bridgehead atoms. The molecule has 6 heteroatoms. The van der Waals surface area contributed by atoms with Gasteiger partial charge in [-0.15, -0.1) is 0 Å². The fourth-order valence-electron chi connectivity index (χ4n) is 3.66. The second kappa shape index (κ2) is 7.86. The number of nitro groups is 1. The van der Waals surface area contributed by atoms with Crippen LogP contribution in [-0.2, 0) is 0 Å². The summed E-state index contributed by atoms with van der Waals surface area (Å²) in [6.45, 7) is 4.27. The minimum Gasteiger partial charge on any atom is -0.395 e. The van der Waals surface area contributed by atoms with Crippen LogP contribution < -0.4 is 5.32 Å². The monoisotopic (exact) mass is 322 g/mol. The first kappa shape index (κ1) is 17.8. The fourth-order valence-corrected chi connectivity index (χ4v) is 3.66. The Morgan fingerprint density at radius 2 is 1.78 bits per heavy atom. The lowest BCUT2D eigenvalue weighted by molar-refractivity contribution is -0.384. The maximum absolute atomic E-state index is 10.7. The normalized spacial score (nSPS) is 27.4. The summed E-state index contributed by atoms with van der Waals surface area (Å²) in [5.74, 6) is 1.26. The molecule has 6 nitrogen and oxygen atoms in total. The van der Waals surface area contributed by atoms with Crippen molar-refractivity contribution in [3.63, 3.8) is 0 Å². The third kappa shape index (κ3) is 4.73. The third-order valence-electron chi connectivity index (χ3n) is 4.65. The summed E-state index contributed by atoms with van der Waals surface area (Å²) < 4.78 is 0. The van der Waals surface area contributed by atoms with Crippen LogP contribution in [0.4, 0.5) is 5.69 Å². The number of non-ortho nitro benzene ring substituents is 1. The first-order chi connectivity index (χ1) is 10.9. The molecule has 0 amide bonds. The van der Waals surface area contributed by atoms with E-state index in [4.69, 9.17) is 0 Å². The van der Waals surface area contributed by atoms with E-state index in [1.54, 1.807) is 12.1 Å². The molecule has 1 saturated carbocycles. The Hall–Kier alpha value is -1.50. The Labute approximate surface area is 136 Å². The van der Waals surface area contributed by atoms with Crippen LogP contribution in [0.5, 0.6) is 0 Å². The second-order valence-electron chi connectivity index (χ2n) is 6.86. The van der Waals surface area contributed by atoms with Gasteiger partial charge in [0.1, 0.15) is 0 Å². The van der Waals surface area contributed by atoms with Crippen LogP contribution in [0.2, 0.25) is 0 Å². The molecule has 1 aliphatic carbocycles. The highest BCUT2D eigenvalue weighted by molar-refractivity contribution is 5.34. The SMILES string of the molecule is CC1CC(C)CC(NC(CO)C(O)c2ccc([N+](=O)[O-])cc2)C1. The summed E-state index contributed by atoms with van der Waals surface area (Å²) in [5.41, 5.74) is 0.559. The molecule has 0 aromatic heterocycles. The van der Waals surface area contributed by atoms with Crippen LogP contribution >= 0.6 is 0 Å². The number of aliphatic hydroxyl groups excluding tert-OH is 2. The summed E-state index contributed by atoms with van der Waals surface area (Å²) in [5, 5.41) is 34.2. The molecule has 128 valence electrons. The lowest BCUT2D eigenvalue weighted by atomic mass is 9.80. The van der Waals surface area contributed by atoms with E-state index in [1.165, 1.54) is 18.6 Å². The predicted octanol–water partition coefficient (Wildman–Crippen LogP) is 2.40. The molecule has 1 fully saturated rings. The molecule has 0 spiro atoms. The van der Waals surface area contributed by atoms with Gasteiger partial charge in [0.15, 0.2) is 0 Å². The van der Waals surface area contributed by atoms with Gasteiger partial charge in [-0.1, -0.05) is 13.8 Å². The summed E-state index contributed by atoms with van der Waals surface area (Å²) in [6.07, 6.45) is 2.39. The molecule has 2 rings (SSSR count). The van der Waals surface area contributed by atoms with Crippen molar-refractivity contribution in [2.24, 2.45) is 11.8 Å². The number of benzene rings is 1. The van der Waals surface area contributed by atoms with E-state index in [9.17, 15) is 20.3 Å². The van der Waals surface area contributed by atoms with Crippen LogP contribution in [0.1, 0.15) is 44.8 Å². The number of nitrogens with zero attached hydrogens (tertiary/aromatic N) is 1. The average Bonchev–Trinajstić information content (AvgIpc) is 2.51. The van der Waals surface area contributed by atoms with Gasteiger partial charge in [-0.25, -0.2) is 0 Å². The molecule has 4 atom stereocenters. The molecule has 1 aliphatic rings. The van der Waals surface area contributed by atoms with E-state index in [0.717, 1.165) is 12.8 Å². The topological polar surface area (TPSA) is 95.6 Å². The Kier molecular flexibility index (Phi) is 6.10. The Bertz CT molecular complexity index is 510. The smallest absolute Gasteiger partial charge is 0.269 e. The van der Waals surface area contributed by atoms with Crippen LogP contribution in [0.15, 0.2) is 24.3 Å². The predicted molar refractivity (Wildman–Crippen MR) is 88.0 cm³/mol. The first-order valence-corrected chi connectivity index (χ1v) is 8.20. The highest BCUT2D eigenvalue weighted by Crippen LogP contribution is 2.30. The van der Waals surface area contributed by atoms with Gasteiger partial charge in [-0.2, -0.15) is 0 Å². The number of aliphatic hydroxyl groups is 2. The van der Waals surface area contributed by atoms with Crippen LogP contribution in [0.3, 0.4) is 0 Å². The Morgan fingerprint density at radius 1 is 1.22 bits per heavy atom. The molecule has 0 aliphatic heterocycles. The number of hydrogen-bond donors (Lipinski definition) is 3. The van der Waals surface area contributed by atoms with Crippen molar-refractivity contribution in [2.75, 3.05) is 6.61 Å². The largest absolute Gasteiger partial charge is 0.395 e. The molecule has 1 aromatic carbocycles. The zero-order valence-electron chi connectivity index (χ0n) is 13.7. The number of nitrogens with one attached hydrogen (secondary N) is 1. The molecule has 1 aromatic rings. The molecule has 0 radical (unpaired) electrons. The molecule has 23 heavy (non-hydrogen) atoms. The van der Waals surface area contributed by atoms with Crippen molar-refractivity contribution >= 4 is 5.69 Å². The highest BCUT2D eigenvalue weighted by atomic mass is 16.6. The van der Waals surface area contributed by atoms with E-state index in [2.05, 4.69) is 19.2 Å². The van der Waals surface area contributed by atoms with E-state index < -0.39 is 17.1 Å². The minimum absolute atomic E-state index is 0.00983. The van der Waals surface area contributed by atoms with E-state index >= 15 is 0 Å². The van der Waals surface area contributed by atoms with Crippen LogP contribution in [0, 0.1) is 22.0 Å². The summed E-state index contributed by atoms with van der Waals surface area (Å²) in [6, 6.07) is 5.63. The van der Waals surface area contributed by atoms with Gasteiger partial charge >= 0.3 is 0 Å². The maximum atomic E-state index is 10.7. The van der Waals surface area contributed by atoms with E-state index in [1.807, 2.05) is 0 Å². The van der Waals surface area contributed by atoms with Gasteiger partial charge in [0.25, 0.3) is 5.69 Å². The fraction of sp³-hybridized carbons (Fsp3) is 0.647. The average molecular weight is 322 g/mol. The van der Waals surface area contributed by atoms with Crippen molar-refractivity contribution in [3.05, 3.63) is 39.9 Å². The van der Waals surface area contributed by atoms with Gasteiger partial charge in [-0.3, -0.25) is 10.1 Å². The second-order valence-corrected chi connectivity index (χ2v) is 6.86. The molecular formula is C17H26N2O4. The Morgan fingerprint density at radius 3 is 2.26 bits per heavy atom. The Balaban J connectivity index is 2.02. The highest BCUT2D eigenvalue weighted by Gasteiger charge is 2.28. The summed E-state index contributed by atoms with van der Waals surface area (Å²) >= 11 is 0.